The minimum atomic E-state index is 0.693. The average Bonchev–Trinajstić information content (AvgIpc) is 2.03. The summed E-state index contributed by atoms with van der Waals surface area (Å²) in [5, 5.41) is 0.693. The summed E-state index contributed by atoms with van der Waals surface area (Å²) in [4.78, 5) is 8.47. The summed E-state index contributed by atoms with van der Waals surface area (Å²) in [7, 11) is 0. The topological polar surface area (TPSA) is 25.8 Å². The molecule has 0 atom stereocenters. The Hall–Kier alpha value is -0.420. The molecule has 2 nitrogen and oxygen atoms in total. The third-order valence-corrected chi connectivity index (χ3v) is 2.23. The van der Waals surface area contributed by atoms with Crippen LogP contribution in [0.15, 0.2) is 24.4 Å². The monoisotopic (exact) mass is 290 g/mol. The van der Waals surface area contributed by atoms with Crippen LogP contribution < -0.4 is 0 Å². The molecule has 0 spiro atoms. The largest absolute Gasteiger partial charge is 0.252 e. The summed E-state index contributed by atoms with van der Waals surface area (Å²) in [6, 6.07) is 5.48. The van der Waals surface area contributed by atoms with Gasteiger partial charge in [0.1, 0.15) is 3.70 Å². The summed E-state index contributed by atoms with van der Waals surface area (Å²) >= 11 is 7.92. The molecule has 0 amide bonds. The van der Waals surface area contributed by atoms with Crippen molar-refractivity contribution in [1.82, 2.24) is 9.97 Å². The molecule has 0 N–H and O–H groups in total. The molecule has 1 heterocycles. The first-order valence-corrected chi connectivity index (χ1v) is 4.79. The Morgan fingerprint density at radius 2 is 2.08 bits per heavy atom. The van der Waals surface area contributed by atoms with E-state index in [4.69, 9.17) is 11.6 Å². The van der Waals surface area contributed by atoms with Crippen LogP contribution in [0.2, 0.25) is 5.02 Å². The van der Waals surface area contributed by atoms with Gasteiger partial charge in [-0.05, 0) is 40.8 Å². The van der Waals surface area contributed by atoms with E-state index in [1.165, 1.54) is 0 Å². The van der Waals surface area contributed by atoms with Crippen molar-refractivity contribution in [3.63, 3.8) is 0 Å². The molecule has 0 fully saturated rings. The normalized spacial score (nSPS) is 10.5. The van der Waals surface area contributed by atoms with Gasteiger partial charge in [-0.1, -0.05) is 11.6 Å². The summed E-state index contributed by atoms with van der Waals surface area (Å²) < 4.78 is 0.877. The van der Waals surface area contributed by atoms with Crippen molar-refractivity contribution in [2.75, 3.05) is 0 Å². The fourth-order valence-corrected chi connectivity index (χ4v) is 1.53. The van der Waals surface area contributed by atoms with Gasteiger partial charge < -0.3 is 0 Å². The number of hydrogen-bond acceptors (Lipinski definition) is 2. The van der Waals surface area contributed by atoms with E-state index in [1.54, 1.807) is 6.20 Å². The molecule has 0 aliphatic heterocycles. The third-order valence-electron chi connectivity index (χ3n) is 1.47. The van der Waals surface area contributed by atoms with Gasteiger partial charge in [-0.2, -0.15) is 0 Å². The summed E-state index contributed by atoms with van der Waals surface area (Å²) in [6.45, 7) is 0. The van der Waals surface area contributed by atoms with Gasteiger partial charge in [0.25, 0.3) is 0 Å². The van der Waals surface area contributed by atoms with Crippen molar-refractivity contribution in [2.24, 2.45) is 0 Å². The minimum Gasteiger partial charge on any atom is -0.252 e. The van der Waals surface area contributed by atoms with E-state index in [9.17, 15) is 0 Å². The molecule has 1 aromatic heterocycles. The van der Waals surface area contributed by atoms with Crippen molar-refractivity contribution < 1.29 is 0 Å². The van der Waals surface area contributed by atoms with Crippen molar-refractivity contribution in [3.8, 4) is 0 Å². The zero-order valence-corrected chi connectivity index (χ0v) is 8.87. The van der Waals surface area contributed by atoms with Crippen LogP contribution in [0.4, 0.5) is 0 Å². The highest BCUT2D eigenvalue weighted by Crippen LogP contribution is 2.16. The number of hydrogen-bond donors (Lipinski definition) is 0. The van der Waals surface area contributed by atoms with Gasteiger partial charge in [-0.3, -0.25) is 4.98 Å². The zero-order chi connectivity index (χ0) is 8.55. The standard InChI is InChI=1S/C8H4ClIN2/c9-5-1-2-6-7(3-5)12-8(10)4-11-6/h1-4H. The van der Waals surface area contributed by atoms with Crippen molar-refractivity contribution in [1.29, 1.82) is 0 Å². The first-order valence-electron chi connectivity index (χ1n) is 3.33. The van der Waals surface area contributed by atoms with E-state index >= 15 is 0 Å². The molecule has 0 saturated carbocycles. The Labute approximate surface area is 88.1 Å². The van der Waals surface area contributed by atoms with E-state index in [2.05, 4.69) is 32.6 Å². The van der Waals surface area contributed by atoms with Crippen LogP contribution in [0.3, 0.4) is 0 Å². The Bertz CT molecular complexity index is 394. The second-order valence-electron chi connectivity index (χ2n) is 2.33. The number of rotatable bonds is 0. The second-order valence-corrected chi connectivity index (χ2v) is 3.87. The molecule has 60 valence electrons. The van der Waals surface area contributed by atoms with Crippen LogP contribution >= 0.6 is 34.2 Å². The number of fused-ring (bicyclic) bond motifs is 1. The van der Waals surface area contributed by atoms with E-state index in [-0.39, 0.29) is 0 Å². The molecule has 2 aromatic rings. The molecule has 4 heteroatoms. The third kappa shape index (κ3) is 1.51. The quantitative estimate of drug-likeness (QED) is 0.697. The highest BCUT2D eigenvalue weighted by molar-refractivity contribution is 14.1. The predicted molar refractivity (Wildman–Crippen MR) is 57.3 cm³/mol. The summed E-state index contributed by atoms with van der Waals surface area (Å²) in [6.07, 6.45) is 1.73. The van der Waals surface area contributed by atoms with Gasteiger partial charge >= 0.3 is 0 Å². The molecule has 2 rings (SSSR count). The van der Waals surface area contributed by atoms with Crippen molar-refractivity contribution >= 4 is 45.2 Å². The average molecular weight is 290 g/mol. The van der Waals surface area contributed by atoms with Crippen molar-refractivity contribution in [2.45, 2.75) is 0 Å². The van der Waals surface area contributed by atoms with Crippen LogP contribution in [-0.4, -0.2) is 9.97 Å². The summed E-state index contributed by atoms with van der Waals surface area (Å²) in [5.74, 6) is 0. The maximum Gasteiger partial charge on any atom is 0.120 e. The van der Waals surface area contributed by atoms with Crippen LogP contribution in [0.25, 0.3) is 11.0 Å². The molecule has 0 saturated heterocycles. The molecule has 0 bridgehead atoms. The molecular formula is C8H4ClIN2. The number of nitrogens with zero attached hydrogens (tertiary/aromatic N) is 2. The fourth-order valence-electron chi connectivity index (χ4n) is 0.962. The van der Waals surface area contributed by atoms with Gasteiger partial charge in [0.2, 0.25) is 0 Å². The molecular weight excluding hydrogens is 286 g/mol. The molecule has 12 heavy (non-hydrogen) atoms. The number of halogens is 2. The first-order chi connectivity index (χ1) is 5.75. The van der Waals surface area contributed by atoms with Gasteiger partial charge in [0.15, 0.2) is 0 Å². The van der Waals surface area contributed by atoms with Gasteiger partial charge in [-0.15, -0.1) is 0 Å². The van der Waals surface area contributed by atoms with Crippen LogP contribution in [0.1, 0.15) is 0 Å². The number of benzene rings is 1. The van der Waals surface area contributed by atoms with E-state index < -0.39 is 0 Å². The molecule has 0 radical (unpaired) electrons. The van der Waals surface area contributed by atoms with Gasteiger partial charge in [-0.25, -0.2) is 4.98 Å². The highest BCUT2D eigenvalue weighted by Gasteiger charge is 1.97. The SMILES string of the molecule is Clc1ccc2ncc(I)nc2c1. The van der Waals surface area contributed by atoms with Gasteiger partial charge in [0.05, 0.1) is 17.2 Å². The van der Waals surface area contributed by atoms with Crippen LogP contribution in [0.5, 0.6) is 0 Å². The fraction of sp³-hybridized carbons (Fsp3) is 0. The molecule has 1 aromatic carbocycles. The molecule has 0 aliphatic rings. The van der Waals surface area contributed by atoms with E-state index in [0.717, 1.165) is 14.7 Å². The van der Waals surface area contributed by atoms with Crippen LogP contribution in [-0.2, 0) is 0 Å². The predicted octanol–water partition coefficient (Wildman–Crippen LogP) is 2.89. The van der Waals surface area contributed by atoms with Crippen LogP contribution in [0, 0.1) is 3.70 Å². The lowest BCUT2D eigenvalue weighted by atomic mass is 10.3. The van der Waals surface area contributed by atoms with E-state index in [1.807, 2.05) is 18.2 Å². The van der Waals surface area contributed by atoms with Gasteiger partial charge in [0, 0.05) is 5.02 Å². The first kappa shape index (κ1) is 8.19. The highest BCUT2D eigenvalue weighted by atomic mass is 127. The maximum atomic E-state index is 5.80. The number of aromatic nitrogens is 2. The Balaban J connectivity index is 2.80. The maximum absolute atomic E-state index is 5.80. The molecule has 0 unspecified atom stereocenters. The van der Waals surface area contributed by atoms with E-state index in [0.29, 0.717) is 5.02 Å². The smallest absolute Gasteiger partial charge is 0.120 e. The zero-order valence-electron chi connectivity index (χ0n) is 5.96. The lowest BCUT2D eigenvalue weighted by Crippen LogP contribution is -1.85. The Kier molecular flexibility index (Phi) is 2.14. The lowest BCUT2D eigenvalue weighted by Gasteiger charge is -1.96. The lowest BCUT2D eigenvalue weighted by molar-refractivity contribution is 1.25. The summed E-state index contributed by atoms with van der Waals surface area (Å²) in [5.41, 5.74) is 1.72. The minimum absolute atomic E-state index is 0.693. The second kappa shape index (κ2) is 3.14. The Morgan fingerprint density at radius 3 is 2.92 bits per heavy atom. The Morgan fingerprint density at radius 1 is 1.25 bits per heavy atom. The molecule has 0 aliphatic carbocycles. The van der Waals surface area contributed by atoms with Crippen molar-refractivity contribution in [3.05, 3.63) is 33.1 Å².